The minimum Gasteiger partial charge on any atom is -0.484 e. The van der Waals surface area contributed by atoms with Crippen LogP contribution < -0.4 is 19.5 Å². The molecule has 1 atom stereocenters. The van der Waals surface area contributed by atoms with Gasteiger partial charge in [0, 0.05) is 5.56 Å². The van der Waals surface area contributed by atoms with Gasteiger partial charge in [-0.2, -0.15) is 5.26 Å². The summed E-state index contributed by atoms with van der Waals surface area (Å²) in [6.45, 7) is 4.15. The first kappa shape index (κ1) is 25.3. The summed E-state index contributed by atoms with van der Waals surface area (Å²) in [5, 5.41) is 12.2. The highest BCUT2D eigenvalue weighted by Crippen LogP contribution is 2.46. The second-order valence-electron chi connectivity index (χ2n) is 9.13. The minimum absolute atomic E-state index is 0.0164. The average molecular weight is 555 g/mol. The van der Waals surface area contributed by atoms with E-state index >= 15 is 0 Å². The van der Waals surface area contributed by atoms with Crippen molar-refractivity contribution in [2.75, 3.05) is 25.6 Å². The van der Waals surface area contributed by atoms with Crippen molar-refractivity contribution >= 4 is 44.4 Å². The molecule has 1 N–H and O–H groups in total. The molecule has 1 aliphatic rings. The monoisotopic (exact) mass is 554 g/mol. The van der Waals surface area contributed by atoms with Crippen LogP contribution in [0.5, 0.6) is 17.4 Å². The average Bonchev–Trinajstić information content (AvgIpc) is 3.42. The zero-order valence-corrected chi connectivity index (χ0v) is 22.5. The van der Waals surface area contributed by atoms with E-state index in [0.29, 0.717) is 23.1 Å². The third-order valence-electron chi connectivity index (χ3n) is 6.22. The number of ether oxygens (including phenoxy) is 4. The summed E-state index contributed by atoms with van der Waals surface area (Å²) in [6.07, 6.45) is 1.83. The number of nitrogens with zero attached hydrogens (tertiary/aromatic N) is 5. The summed E-state index contributed by atoms with van der Waals surface area (Å²) in [7, 11) is 1.56. The lowest BCUT2D eigenvalue weighted by Crippen LogP contribution is -2.35. The van der Waals surface area contributed by atoms with E-state index in [1.54, 1.807) is 19.4 Å². The molecule has 40 heavy (non-hydrogen) atoms. The van der Waals surface area contributed by atoms with E-state index in [1.165, 1.54) is 23.6 Å². The van der Waals surface area contributed by atoms with Crippen molar-refractivity contribution in [1.29, 1.82) is 5.26 Å². The number of hydrogen-bond donors (Lipinski definition) is 1. The van der Waals surface area contributed by atoms with Crippen LogP contribution in [0.15, 0.2) is 42.7 Å². The Balaban J connectivity index is 1.22. The van der Waals surface area contributed by atoms with Gasteiger partial charge in [0.2, 0.25) is 5.88 Å². The first-order valence-corrected chi connectivity index (χ1v) is 13.1. The van der Waals surface area contributed by atoms with Crippen LogP contribution in [0.1, 0.15) is 16.8 Å². The lowest BCUT2D eigenvalue weighted by atomic mass is 10.1. The van der Waals surface area contributed by atoms with Crippen LogP contribution in [0.4, 0.5) is 10.5 Å². The van der Waals surface area contributed by atoms with E-state index in [-0.39, 0.29) is 18.9 Å². The van der Waals surface area contributed by atoms with Crippen molar-refractivity contribution in [1.82, 2.24) is 19.9 Å². The SMILES string of the molecule is COc1cnc2c(-c3nc4c(C)cc5c(c4s3)OC[C@H](COC(=O)Nc3ccc(C#N)nc3)O5)cc(C)cc2n1. The number of fused-ring (bicyclic) bond motifs is 4. The van der Waals surface area contributed by atoms with Gasteiger partial charge in [0.05, 0.1) is 41.7 Å². The second-order valence-corrected chi connectivity index (χ2v) is 10.1. The van der Waals surface area contributed by atoms with Gasteiger partial charge in [0.25, 0.3) is 0 Å². The van der Waals surface area contributed by atoms with Crippen molar-refractivity contribution < 1.29 is 23.7 Å². The quantitative estimate of drug-likeness (QED) is 0.309. The van der Waals surface area contributed by atoms with Gasteiger partial charge in [0.15, 0.2) is 17.6 Å². The van der Waals surface area contributed by atoms with E-state index in [2.05, 4.69) is 20.3 Å². The fraction of sp³-hybridized carbons (Fsp3) is 0.214. The van der Waals surface area contributed by atoms with Crippen LogP contribution in [0, 0.1) is 25.2 Å². The Morgan fingerprint density at radius 2 is 2.05 bits per heavy atom. The van der Waals surface area contributed by atoms with E-state index in [1.807, 2.05) is 38.1 Å². The fourth-order valence-electron chi connectivity index (χ4n) is 4.36. The smallest absolute Gasteiger partial charge is 0.411 e. The molecular weight excluding hydrogens is 532 g/mol. The maximum Gasteiger partial charge on any atom is 0.411 e. The number of benzene rings is 2. The molecule has 0 radical (unpaired) electrons. The zero-order chi connectivity index (χ0) is 27.8. The number of methoxy groups -OCH3 is 1. The molecule has 11 nitrogen and oxygen atoms in total. The Morgan fingerprint density at radius 1 is 1.18 bits per heavy atom. The molecule has 200 valence electrons. The molecule has 4 heterocycles. The van der Waals surface area contributed by atoms with Crippen molar-refractivity contribution in [3.05, 3.63) is 59.5 Å². The van der Waals surface area contributed by atoms with Gasteiger partial charge in [0.1, 0.15) is 34.7 Å². The van der Waals surface area contributed by atoms with Crippen LogP contribution >= 0.6 is 11.3 Å². The number of nitrogens with one attached hydrogen (secondary N) is 1. The van der Waals surface area contributed by atoms with Crippen LogP contribution in [0.3, 0.4) is 0 Å². The van der Waals surface area contributed by atoms with Gasteiger partial charge < -0.3 is 18.9 Å². The summed E-state index contributed by atoms with van der Waals surface area (Å²) < 4.78 is 23.7. The maximum absolute atomic E-state index is 12.2. The first-order valence-electron chi connectivity index (χ1n) is 12.3. The topological polar surface area (TPSA) is 141 Å². The third-order valence-corrected chi connectivity index (χ3v) is 7.31. The number of carbonyl (C=O) groups is 1. The molecule has 0 unspecified atom stereocenters. The Bertz CT molecular complexity index is 1820. The predicted molar refractivity (Wildman–Crippen MR) is 148 cm³/mol. The van der Waals surface area contributed by atoms with Crippen LogP contribution in [-0.4, -0.2) is 52.5 Å². The maximum atomic E-state index is 12.2. The fourth-order valence-corrected chi connectivity index (χ4v) is 5.51. The molecule has 0 spiro atoms. The molecule has 0 saturated carbocycles. The Kier molecular flexibility index (Phi) is 6.49. The first-order chi connectivity index (χ1) is 19.4. The standard InChI is InChI=1S/C28H22N6O5S/c1-14-6-19(24-20(7-14)33-22(36-3)11-31-24)27-34-23-15(2)8-21-25(26(23)40-27)37-12-18(39-21)13-38-28(35)32-17-5-4-16(9-29)30-10-17/h4-8,10-11,18H,12-13H2,1-3H3,(H,32,35)/t18-/m1/s1. The van der Waals surface area contributed by atoms with Crippen LogP contribution in [0.2, 0.25) is 0 Å². The number of carbonyl (C=O) groups excluding carboxylic acids is 1. The normalized spacial score (nSPS) is 14.1. The highest BCUT2D eigenvalue weighted by atomic mass is 32.1. The third kappa shape index (κ3) is 4.78. The molecule has 2 aromatic carbocycles. The molecule has 0 aliphatic carbocycles. The number of nitriles is 1. The summed E-state index contributed by atoms with van der Waals surface area (Å²) in [5.74, 6) is 1.62. The number of aromatic nitrogens is 4. The van der Waals surface area contributed by atoms with Gasteiger partial charge in [-0.25, -0.2) is 24.7 Å². The van der Waals surface area contributed by atoms with Gasteiger partial charge in [-0.3, -0.25) is 5.32 Å². The lowest BCUT2D eigenvalue weighted by Gasteiger charge is -2.26. The highest BCUT2D eigenvalue weighted by Gasteiger charge is 2.27. The number of aryl methyl sites for hydroxylation is 2. The lowest BCUT2D eigenvalue weighted by molar-refractivity contribution is 0.0383. The van der Waals surface area contributed by atoms with E-state index < -0.39 is 12.2 Å². The minimum atomic E-state index is -0.661. The Morgan fingerprint density at radius 3 is 2.83 bits per heavy atom. The summed E-state index contributed by atoms with van der Waals surface area (Å²) in [6, 6.07) is 10.9. The van der Waals surface area contributed by atoms with Crippen molar-refractivity contribution in [2.24, 2.45) is 0 Å². The summed E-state index contributed by atoms with van der Waals surface area (Å²) >= 11 is 1.50. The molecule has 1 amide bonds. The van der Waals surface area contributed by atoms with Gasteiger partial charge in [-0.05, 0) is 55.3 Å². The summed E-state index contributed by atoms with van der Waals surface area (Å²) in [4.78, 5) is 30.2. The molecule has 0 saturated heterocycles. The number of thiazole rings is 1. The largest absolute Gasteiger partial charge is 0.484 e. The highest BCUT2D eigenvalue weighted by molar-refractivity contribution is 7.22. The molecular formula is C28H22N6O5S. The number of pyridine rings is 1. The van der Waals surface area contributed by atoms with E-state index in [4.69, 9.17) is 29.2 Å². The number of amides is 1. The molecule has 12 heteroatoms. The number of hydrogen-bond acceptors (Lipinski definition) is 11. The second kappa shape index (κ2) is 10.3. The Hall–Kier alpha value is -5.02. The van der Waals surface area contributed by atoms with E-state index in [9.17, 15) is 4.79 Å². The van der Waals surface area contributed by atoms with Crippen LogP contribution in [0.25, 0.3) is 31.8 Å². The number of anilines is 1. The number of rotatable bonds is 5. The predicted octanol–water partition coefficient (Wildman–Crippen LogP) is 5.19. The molecule has 1 aliphatic heterocycles. The van der Waals surface area contributed by atoms with Crippen molar-refractivity contribution in [2.45, 2.75) is 20.0 Å². The molecule has 5 aromatic rings. The van der Waals surface area contributed by atoms with Crippen LogP contribution in [-0.2, 0) is 4.74 Å². The van der Waals surface area contributed by atoms with E-state index in [0.717, 1.165) is 42.9 Å². The molecule has 6 rings (SSSR count). The molecule has 0 bridgehead atoms. The summed E-state index contributed by atoms with van der Waals surface area (Å²) in [5.41, 5.74) is 5.80. The Labute approximate surface area is 232 Å². The molecule has 3 aromatic heterocycles. The molecule has 0 fully saturated rings. The van der Waals surface area contributed by atoms with Crippen molar-refractivity contribution in [3.63, 3.8) is 0 Å². The van der Waals surface area contributed by atoms with Gasteiger partial charge in [-0.15, -0.1) is 11.3 Å². The van der Waals surface area contributed by atoms with Gasteiger partial charge >= 0.3 is 6.09 Å². The zero-order valence-electron chi connectivity index (χ0n) is 21.7. The van der Waals surface area contributed by atoms with Gasteiger partial charge in [-0.1, -0.05) is 0 Å². The van der Waals surface area contributed by atoms with Crippen molar-refractivity contribution in [3.8, 4) is 34.0 Å².